The van der Waals surface area contributed by atoms with Gasteiger partial charge in [-0.15, -0.1) is 0 Å². The molecule has 0 saturated heterocycles. The zero-order valence-corrected chi connectivity index (χ0v) is 12.4. The number of nitrogens with one attached hydrogen (secondary N) is 1. The first-order valence-electron chi connectivity index (χ1n) is 6.61. The maximum absolute atomic E-state index is 13.1. The first kappa shape index (κ1) is 18.6. The van der Waals surface area contributed by atoms with E-state index >= 15 is 0 Å². The number of rotatable bonds is 5. The summed E-state index contributed by atoms with van der Waals surface area (Å²) in [5, 5.41) is 5.79. The summed E-state index contributed by atoms with van der Waals surface area (Å²) >= 11 is 0. The molecule has 0 aliphatic carbocycles. The van der Waals surface area contributed by atoms with Crippen LogP contribution in [-0.4, -0.2) is 29.5 Å². The standard InChI is InChI=1S/C14H10F6N2O3/c1-7-10(6-21-25-7)11(23)22-8-2-4-9(5-3-8)24-14(19,20)12(15)13(16,17)18/h2-6,12H,1H3,(H,22,23). The fourth-order valence-corrected chi connectivity index (χ4v) is 1.72. The minimum absolute atomic E-state index is 0.133. The SMILES string of the molecule is Cc1oncc1C(=O)Nc1ccc(OC(F)(F)C(F)C(F)(F)F)cc1. The molecule has 1 aromatic carbocycles. The number of amides is 1. The third kappa shape index (κ3) is 4.43. The summed E-state index contributed by atoms with van der Waals surface area (Å²) in [7, 11) is 0. The highest BCUT2D eigenvalue weighted by atomic mass is 19.4. The van der Waals surface area contributed by atoms with E-state index < -0.39 is 30.1 Å². The van der Waals surface area contributed by atoms with E-state index in [9.17, 15) is 31.1 Å². The summed E-state index contributed by atoms with van der Waals surface area (Å²) in [6.45, 7) is 1.50. The van der Waals surface area contributed by atoms with Gasteiger partial charge >= 0.3 is 12.3 Å². The topological polar surface area (TPSA) is 64.4 Å². The van der Waals surface area contributed by atoms with E-state index in [0.717, 1.165) is 24.3 Å². The van der Waals surface area contributed by atoms with E-state index in [1.807, 2.05) is 0 Å². The van der Waals surface area contributed by atoms with Crippen molar-refractivity contribution in [2.75, 3.05) is 5.32 Å². The Hall–Kier alpha value is -2.72. The number of carbonyl (C=O) groups is 1. The van der Waals surface area contributed by atoms with E-state index in [-0.39, 0.29) is 17.0 Å². The number of aromatic nitrogens is 1. The molecule has 0 radical (unpaired) electrons. The second-order valence-electron chi connectivity index (χ2n) is 4.84. The summed E-state index contributed by atoms with van der Waals surface area (Å²) < 4.78 is 83.6. The number of aryl methyl sites for hydroxylation is 1. The largest absolute Gasteiger partial charge is 0.439 e. The molecule has 0 bridgehead atoms. The lowest BCUT2D eigenvalue weighted by molar-refractivity contribution is -0.304. The molecule has 136 valence electrons. The lowest BCUT2D eigenvalue weighted by Gasteiger charge is -2.23. The van der Waals surface area contributed by atoms with Crippen molar-refractivity contribution in [1.29, 1.82) is 0 Å². The maximum atomic E-state index is 13.1. The molecule has 0 fully saturated rings. The average Bonchev–Trinajstić information content (AvgIpc) is 2.93. The van der Waals surface area contributed by atoms with Gasteiger partial charge < -0.3 is 14.6 Å². The molecule has 5 nitrogen and oxygen atoms in total. The number of nitrogens with zero attached hydrogens (tertiary/aromatic N) is 1. The van der Waals surface area contributed by atoms with Crippen LogP contribution in [0.15, 0.2) is 35.0 Å². The van der Waals surface area contributed by atoms with Crippen LogP contribution in [0.2, 0.25) is 0 Å². The highest BCUT2D eigenvalue weighted by Gasteiger charge is 2.59. The minimum atomic E-state index is -5.77. The van der Waals surface area contributed by atoms with Crippen LogP contribution in [-0.2, 0) is 0 Å². The van der Waals surface area contributed by atoms with Gasteiger partial charge in [0.15, 0.2) is 0 Å². The second kappa shape index (κ2) is 6.65. The van der Waals surface area contributed by atoms with Crippen LogP contribution in [0, 0.1) is 6.92 Å². The molecule has 11 heteroatoms. The summed E-state index contributed by atoms with van der Waals surface area (Å²) in [6, 6.07) is 3.89. The number of halogens is 6. The highest BCUT2D eigenvalue weighted by Crippen LogP contribution is 2.36. The van der Waals surface area contributed by atoms with Crippen LogP contribution in [0.1, 0.15) is 16.1 Å². The Kier molecular flexibility index (Phi) is 4.95. The number of ether oxygens (including phenoxy) is 1. The highest BCUT2D eigenvalue weighted by molar-refractivity contribution is 6.04. The van der Waals surface area contributed by atoms with Crippen molar-refractivity contribution in [3.8, 4) is 5.75 Å². The summed E-state index contributed by atoms with van der Waals surface area (Å²) in [4.78, 5) is 11.9. The van der Waals surface area contributed by atoms with Crippen molar-refractivity contribution in [1.82, 2.24) is 5.16 Å². The van der Waals surface area contributed by atoms with Crippen LogP contribution in [0.25, 0.3) is 0 Å². The van der Waals surface area contributed by atoms with Crippen molar-refractivity contribution in [2.45, 2.75) is 25.4 Å². The third-order valence-corrected chi connectivity index (χ3v) is 2.94. The van der Waals surface area contributed by atoms with Crippen molar-refractivity contribution >= 4 is 11.6 Å². The fraction of sp³-hybridized carbons (Fsp3) is 0.286. The zero-order valence-electron chi connectivity index (χ0n) is 12.4. The normalized spacial score (nSPS) is 13.4. The summed E-state index contributed by atoms with van der Waals surface area (Å²) in [5.41, 5.74) is 0.270. The van der Waals surface area contributed by atoms with Crippen molar-refractivity contribution in [3.63, 3.8) is 0 Å². The van der Waals surface area contributed by atoms with Crippen LogP contribution >= 0.6 is 0 Å². The summed E-state index contributed by atoms with van der Waals surface area (Å²) in [5.74, 6) is -1.06. The van der Waals surface area contributed by atoms with Gasteiger partial charge in [-0.3, -0.25) is 4.79 Å². The van der Waals surface area contributed by atoms with Gasteiger partial charge in [0.1, 0.15) is 17.1 Å². The molecule has 1 amide bonds. The van der Waals surface area contributed by atoms with Crippen LogP contribution in [0.4, 0.5) is 32.0 Å². The van der Waals surface area contributed by atoms with Gasteiger partial charge in [0.25, 0.3) is 12.1 Å². The molecule has 0 spiro atoms. The Bertz CT molecular complexity index is 742. The van der Waals surface area contributed by atoms with E-state index in [4.69, 9.17) is 4.52 Å². The maximum Gasteiger partial charge on any atom is 0.439 e. The molecule has 0 saturated carbocycles. The first-order valence-corrected chi connectivity index (χ1v) is 6.61. The second-order valence-corrected chi connectivity index (χ2v) is 4.84. The number of benzene rings is 1. The van der Waals surface area contributed by atoms with Gasteiger partial charge in [0.05, 0.1) is 6.20 Å². The molecule has 0 aliphatic rings. The number of carbonyl (C=O) groups excluding carboxylic acids is 1. The minimum Gasteiger partial charge on any atom is -0.430 e. The Labute approximate surface area is 136 Å². The molecule has 1 atom stereocenters. The Balaban J connectivity index is 2.05. The number of hydrogen-bond donors (Lipinski definition) is 1. The molecule has 1 heterocycles. The van der Waals surface area contributed by atoms with Gasteiger partial charge in [-0.1, -0.05) is 5.16 Å². The summed E-state index contributed by atoms with van der Waals surface area (Å²) in [6.07, 6.45) is -14.2. The lowest BCUT2D eigenvalue weighted by atomic mass is 10.2. The van der Waals surface area contributed by atoms with Crippen molar-refractivity contribution in [2.24, 2.45) is 0 Å². The van der Waals surface area contributed by atoms with E-state index in [1.54, 1.807) is 0 Å². The third-order valence-electron chi connectivity index (χ3n) is 2.94. The van der Waals surface area contributed by atoms with Gasteiger partial charge in [-0.2, -0.15) is 22.0 Å². The monoisotopic (exact) mass is 368 g/mol. The smallest absolute Gasteiger partial charge is 0.430 e. The molecule has 2 aromatic rings. The predicted molar refractivity (Wildman–Crippen MR) is 72.2 cm³/mol. The zero-order chi connectivity index (χ0) is 18.8. The van der Waals surface area contributed by atoms with Gasteiger partial charge in [0, 0.05) is 5.69 Å². The molecule has 1 unspecified atom stereocenters. The number of alkyl halides is 6. The Morgan fingerprint density at radius 3 is 2.28 bits per heavy atom. The molecule has 25 heavy (non-hydrogen) atoms. The van der Waals surface area contributed by atoms with Gasteiger partial charge in [-0.25, -0.2) is 4.39 Å². The Morgan fingerprint density at radius 2 is 1.80 bits per heavy atom. The van der Waals surface area contributed by atoms with Gasteiger partial charge in [-0.05, 0) is 31.2 Å². The molecular weight excluding hydrogens is 358 g/mol. The van der Waals surface area contributed by atoms with E-state index in [0.29, 0.717) is 0 Å². The Morgan fingerprint density at radius 1 is 1.20 bits per heavy atom. The number of anilines is 1. The van der Waals surface area contributed by atoms with Crippen LogP contribution in [0.5, 0.6) is 5.75 Å². The first-order chi connectivity index (χ1) is 11.5. The molecule has 1 aromatic heterocycles. The molecule has 1 N–H and O–H groups in total. The fourth-order valence-electron chi connectivity index (χ4n) is 1.72. The van der Waals surface area contributed by atoms with Crippen LogP contribution < -0.4 is 10.1 Å². The molecule has 2 rings (SSSR count). The predicted octanol–water partition coefficient (Wildman–Crippen LogP) is 4.11. The van der Waals surface area contributed by atoms with Crippen LogP contribution in [0.3, 0.4) is 0 Å². The van der Waals surface area contributed by atoms with E-state index in [2.05, 4.69) is 15.2 Å². The lowest BCUT2D eigenvalue weighted by Crippen LogP contribution is -2.45. The van der Waals surface area contributed by atoms with E-state index in [1.165, 1.54) is 13.1 Å². The van der Waals surface area contributed by atoms with Gasteiger partial charge in [0.2, 0.25) is 0 Å². The average molecular weight is 368 g/mol. The quantitative estimate of drug-likeness (QED) is 0.807. The van der Waals surface area contributed by atoms with Crippen molar-refractivity contribution in [3.05, 3.63) is 41.8 Å². The van der Waals surface area contributed by atoms with Crippen molar-refractivity contribution < 1.29 is 40.4 Å². The molecular formula is C14H10F6N2O3. The molecule has 0 aliphatic heterocycles. The number of hydrogen-bond acceptors (Lipinski definition) is 4.